The predicted molar refractivity (Wildman–Crippen MR) is 111 cm³/mol. The standard InChI is InChI=1S/C23H30F2N3O3/c1-3-31-23(30)28-15-9-10-16(28)13-18(12-15)27-11-5-6-17(14-27)26(2)22(29)21-19(24)7-4-8-20(21)25/h4,7-8,15-18H,2-3,5-6,9-14H2,1H3/q+1. The van der Waals surface area contributed by atoms with Crippen molar-refractivity contribution in [2.75, 3.05) is 19.7 Å². The van der Waals surface area contributed by atoms with Gasteiger partial charge in [0.2, 0.25) is 0 Å². The highest BCUT2D eigenvalue weighted by Gasteiger charge is 2.46. The number of likely N-dealkylation sites (tertiary alicyclic amines) is 1. The van der Waals surface area contributed by atoms with Crippen LogP contribution in [0.25, 0.3) is 0 Å². The lowest BCUT2D eigenvalue weighted by molar-refractivity contribution is -0.470. The second-order valence-electron chi connectivity index (χ2n) is 8.78. The van der Waals surface area contributed by atoms with E-state index in [4.69, 9.17) is 4.74 Å². The summed E-state index contributed by atoms with van der Waals surface area (Å²) in [5.74, 6) is -2.46. The molecule has 3 unspecified atom stereocenters. The first-order chi connectivity index (χ1) is 14.9. The van der Waals surface area contributed by atoms with Gasteiger partial charge in [0.25, 0.3) is 0 Å². The first-order valence-corrected chi connectivity index (χ1v) is 11.2. The third kappa shape index (κ3) is 4.22. The van der Waals surface area contributed by atoms with Crippen LogP contribution >= 0.6 is 0 Å². The summed E-state index contributed by atoms with van der Waals surface area (Å²) in [4.78, 5) is 29.4. The molecular formula is C23H30F2N3O3+. The van der Waals surface area contributed by atoms with Gasteiger partial charge >= 0.3 is 12.0 Å². The molecule has 3 fully saturated rings. The van der Waals surface area contributed by atoms with Gasteiger partial charge in [-0.2, -0.15) is 4.58 Å². The molecule has 168 valence electrons. The van der Waals surface area contributed by atoms with E-state index in [0.717, 1.165) is 57.2 Å². The van der Waals surface area contributed by atoms with Crippen LogP contribution in [0.4, 0.5) is 13.6 Å². The molecule has 0 N–H and O–H groups in total. The van der Waals surface area contributed by atoms with Gasteiger partial charge in [-0.25, -0.2) is 18.4 Å². The molecule has 0 aromatic heterocycles. The highest BCUT2D eigenvalue weighted by atomic mass is 19.1. The smallest absolute Gasteiger partial charge is 0.425 e. The van der Waals surface area contributed by atoms with Crippen LogP contribution in [0, 0.1) is 11.6 Å². The normalized spacial score (nSPS) is 28.4. The topological polar surface area (TPSA) is 52.9 Å². The molecule has 31 heavy (non-hydrogen) atoms. The van der Waals surface area contributed by atoms with Crippen LogP contribution in [-0.4, -0.2) is 77.0 Å². The second kappa shape index (κ2) is 9.02. The van der Waals surface area contributed by atoms with Crippen molar-refractivity contribution < 1.29 is 27.7 Å². The van der Waals surface area contributed by atoms with Crippen LogP contribution in [0.2, 0.25) is 0 Å². The molecule has 2 amide bonds. The Morgan fingerprint density at radius 3 is 2.39 bits per heavy atom. The van der Waals surface area contributed by atoms with Crippen molar-refractivity contribution in [3.8, 4) is 0 Å². The highest BCUT2D eigenvalue weighted by molar-refractivity contribution is 5.89. The second-order valence-corrected chi connectivity index (χ2v) is 8.78. The van der Waals surface area contributed by atoms with E-state index in [-0.39, 0.29) is 24.2 Å². The third-order valence-corrected chi connectivity index (χ3v) is 7.01. The molecule has 0 saturated carbocycles. The van der Waals surface area contributed by atoms with Gasteiger partial charge in [-0.1, -0.05) is 6.07 Å². The van der Waals surface area contributed by atoms with Gasteiger partial charge < -0.3 is 9.64 Å². The van der Waals surface area contributed by atoms with E-state index in [2.05, 4.69) is 11.6 Å². The van der Waals surface area contributed by atoms with Crippen molar-refractivity contribution >= 4 is 18.7 Å². The Kier molecular flexibility index (Phi) is 6.36. The van der Waals surface area contributed by atoms with Crippen LogP contribution in [-0.2, 0) is 4.74 Å². The van der Waals surface area contributed by atoms with Crippen molar-refractivity contribution in [3.63, 3.8) is 0 Å². The zero-order chi connectivity index (χ0) is 22.1. The molecule has 8 heteroatoms. The van der Waals surface area contributed by atoms with Crippen LogP contribution in [0.15, 0.2) is 18.2 Å². The molecule has 3 aliphatic rings. The Bertz CT molecular complexity index is 843. The maximum Gasteiger partial charge on any atom is 0.425 e. The van der Waals surface area contributed by atoms with Crippen LogP contribution in [0.1, 0.15) is 55.8 Å². The maximum atomic E-state index is 14.1. The average molecular weight is 435 g/mol. The fourth-order valence-electron chi connectivity index (χ4n) is 5.52. The molecule has 0 aliphatic carbocycles. The molecule has 0 spiro atoms. The molecule has 2 bridgehead atoms. The van der Waals surface area contributed by atoms with Gasteiger partial charge in [-0.15, -0.1) is 0 Å². The van der Waals surface area contributed by atoms with E-state index in [1.807, 2.05) is 11.8 Å². The average Bonchev–Trinajstić information content (AvgIpc) is 3.03. The van der Waals surface area contributed by atoms with Crippen molar-refractivity contribution in [1.82, 2.24) is 9.80 Å². The molecule has 0 radical (unpaired) electrons. The minimum Gasteiger partial charge on any atom is -0.450 e. The number of halogens is 2. The molecule has 3 saturated heterocycles. The number of benzene rings is 1. The summed E-state index contributed by atoms with van der Waals surface area (Å²) in [6, 6.07) is 3.91. The van der Waals surface area contributed by atoms with Crippen LogP contribution in [0.5, 0.6) is 0 Å². The fraction of sp³-hybridized carbons (Fsp3) is 0.609. The Labute approximate surface area is 181 Å². The van der Waals surface area contributed by atoms with E-state index in [9.17, 15) is 18.4 Å². The van der Waals surface area contributed by atoms with Gasteiger partial charge in [-0.3, -0.25) is 4.90 Å². The van der Waals surface area contributed by atoms with E-state index in [1.54, 1.807) is 0 Å². The molecular weight excluding hydrogens is 404 g/mol. The lowest BCUT2D eigenvalue weighted by atomic mass is 9.93. The first-order valence-electron chi connectivity index (χ1n) is 11.2. The number of rotatable bonds is 4. The minimum atomic E-state index is -0.866. The summed E-state index contributed by atoms with van der Waals surface area (Å²) < 4.78 is 34.6. The summed E-state index contributed by atoms with van der Waals surface area (Å²) in [5, 5.41) is 0. The fourth-order valence-corrected chi connectivity index (χ4v) is 5.52. The molecule has 4 rings (SSSR count). The zero-order valence-corrected chi connectivity index (χ0v) is 17.9. The Balaban J connectivity index is 1.42. The highest BCUT2D eigenvalue weighted by Crippen LogP contribution is 2.38. The molecule has 3 heterocycles. The number of hydrogen-bond acceptors (Lipinski definition) is 4. The quantitative estimate of drug-likeness (QED) is 0.538. The molecule has 1 aromatic rings. The van der Waals surface area contributed by atoms with Crippen LogP contribution in [0.3, 0.4) is 0 Å². The number of carbonyl (C=O) groups is 2. The van der Waals surface area contributed by atoms with Gasteiger partial charge in [0.1, 0.15) is 18.4 Å². The lowest BCUT2D eigenvalue weighted by Crippen LogP contribution is -2.56. The number of hydrogen-bond donors (Lipinski definition) is 0. The summed E-state index contributed by atoms with van der Waals surface area (Å²) >= 11 is 0. The number of amides is 2. The van der Waals surface area contributed by atoms with E-state index >= 15 is 0 Å². The Morgan fingerprint density at radius 1 is 1.13 bits per heavy atom. The number of carbonyl (C=O) groups excluding carboxylic acids is 2. The molecule has 1 aromatic carbocycles. The van der Waals surface area contributed by atoms with Gasteiger partial charge in [-0.05, 0) is 57.7 Å². The zero-order valence-electron chi connectivity index (χ0n) is 17.9. The van der Waals surface area contributed by atoms with Gasteiger partial charge in [0, 0.05) is 24.5 Å². The maximum absolute atomic E-state index is 14.1. The van der Waals surface area contributed by atoms with E-state index in [1.165, 1.54) is 10.6 Å². The predicted octanol–water partition coefficient (Wildman–Crippen LogP) is 3.43. The molecule has 6 nitrogen and oxygen atoms in total. The Hall–Kier alpha value is -2.35. The Morgan fingerprint density at radius 2 is 1.77 bits per heavy atom. The number of fused-ring (bicyclic) bond motifs is 2. The SMILES string of the molecule is C=[N+](C(=O)c1c(F)cccc1F)C1CCCN(C2CC3CCC(C2)N3C(=O)OCC)C1. The minimum absolute atomic E-state index is 0.188. The number of piperidine rings is 2. The van der Waals surface area contributed by atoms with Crippen molar-refractivity contribution in [1.29, 1.82) is 0 Å². The lowest BCUT2D eigenvalue weighted by Gasteiger charge is -2.44. The summed E-state index contributed by atoms with van der Waals surface area (Å²) in [7, 11) is 0. The number of nitrogens with zero attached hydrogens (tertiary/aromatic N) is 3. The van der Waals surface area contributed by atoms with Crippen molar-refractivity contribution in [2.24, 2.45) is 0 Å². The summed E-state index contributed by atoms with van der Waals surface area (Å²) in [6.07, 6.45) is 5.16. The van der Waals surface area contributed by atoms with Crippen molar-refractivity contribution in [3.05, 3.63) is 35.4 Å². The third-order valence-electron chi connectivity index (χ3n) is 7.01. The van der Waals surface area contributed by atoms with E-state index < -0.39 is 23.1 Å². The largest absolute Gasteiger partial charge is 0.450 e. The van der Waals surface area contributed by atoms with Gasteiger partial charge in [0.05, 0.1) is 13.2 Å². The van der Waals surface area contributed by atoms with E-state index in [0.29, 0.717) is 19.2 Å². The van der Waals surface area contributed by atoms with Crippen molar-refractivity contribution in [2.45, 2.75) is 69.6 Å². The number of ether oxygens (including phenoxy) is 1. The summed E-state index contributed by atoms with van der Waals surface area (Å²) in [6.45, 7) is 7.58. The van der Waals surface area contributed by atoms with Gasteiger partial charge in [0.15, 0.2) is 11.6 Å². The molecule has 3 aliphatic heterocycles. The first kappa shape index (κ1) is 21.9. The molecule has 3 atom stereocenters. The summed E-state index contributed by atoms with van der Waals surface area (Å²) in [5.41, 5.74) is -0.546. The monoisotopic (exact) mass is 434 g/mol. The van der Waals surface area contributed by atoms with Crippen LogP contribution < -0.4 is 0 Å².